The van der Waals surface area contributed by atoms with Crippen LogP contribution in [-0.2, 0) is 17.9 Å². The predicted molar refractivity (Wildman–Crippen MR) is 111 cm³/mol. The van der Waals surface area contributed by atoms with Crippen molar-refractivity contribution in [1.82, 2.24) is 9.80 Å². The van der Waals surface area contributed by atoms with Gasteiger partial charge in [-0.1, -0.05) is 60.7 Å². The maximum Gasteiger partial charge on any atom is 0.226 e. The molecule has 3 heteroatoms. The van der Waals surface area contributed by atoms with Gasteiger partial charge in [0.25, 0.3) is 0 Å². The number of piperidine rings is 1. The molecule has 1 aliphatic heterocycles. The highest BCUT2D eigenvalue weighted by atomic mass is 16.2. The SMILES string of the molecule is O=C(C1CC1)N(Cc1ccccc1)C1[C@@H]2CC[C@H]1CN(Cc1ccccc1)C2. The van der Waals surface area contributed by atoms with Gasteiger partial charge in [0, 0.05) is 38.1 Å². The number of fused-ring (bicyclic) bond motifs is 2. The number of likely N-dealkylation sites (tertiary alicyclic amines) is 1. The number of carbonyl (C=O) groups is 1. The van der Waals surface area contributed by atoms with E-state index < -0.39 is 0 Å². The molecule has 0 N–H and O–H groups in total. The van der Waals surface area contributed by atoms with E-state index in [9.17, 15) is 4.79 Å². The fraction of sp³-hybridized carbons (Fsp3) is 0.480. The van der Waals surface area contributed by atoms with Gasteiger partial charge >= 0.3 is 0 Å². The highest BCUT2D eigenvalue weighted by molar-refractivity contribution is 5.81. The molecule has 2 bridgehead atoms. The number of nitrogens with zero attached hydrogens (tertiary/aromatic N) is 2. The first kappa shape index (κ1) is 17.9. The molecule has 0 spiro atoms. The Morgan fingerprint density at radius 3 is 1.96 bits per heavy atom. The average molecular weight is 375 g/mol. The van der Waals surface area contributed by atoms with E-state index in [2.05, 4.69) is 70.5 Å². The van der Waals surface area contributed by atoms with Crippen LogP contribution in [0.5, 0.6) is 0 Å². The van der Waals surface area contributed by atoms with Gasteiger partial charge in [0.2, 0.25) is 5.91 Å². The zero-order valence-corrected chi connectivity index (χ0v) is 16.5. The topological polar surface area (TPSA) is 23.6 Å². The number of rotatable bonds is 6. The van der Waals surface area contributed by atoms with Gasteiger partial charge in [0.05, 0.1) is 0 Å². The van der Waals surface area contributed by atoms with Crippen molar-refractivity contribution >= 4 is 5.91 Å². The van der Waals surface area contributed by atoms with Crippen LogP contribution in [0.2, 0.25) is 0 Å². The summed E-state index contributed by atoms with van der Waals surface area (Å²) in [6.07, 6.45) is 4.71. The summed E-state index contributed by atoms with van der Waals surface area (Å²) in [5.74, 6) is 1.95. The van der Waals surface area contributed by atoms with Crippen LogP contribution in [0.1, 0.15) is 36.8 Å². The minimum absolute atomic E-state index is 0.297. The van der Waals surface area contributed by atoms with Crippen LogP contribution >= 0.6 is 0 Å². The van der Waals surface area contributed by atoms with Crippen molar-refractivity contribution in [3.63, 3.8) is 0 Å². The van der Waals surface area contributed by atoms with Crippen LogP contribution in [0.4, 0.5) is 0 Å². The molecule has 1 heterocycles. The van der Waals surface area contributed by atoms with Crippen LogP contribution in [0.25, 0.3) is 0 Å². The Morgan fingerprint density at radius 1 is 0.821 bits per heavy atom. The first-order valence-electron chi connectivity index (χ1n) is 10.9. The quantitative estimate of drug-likeness (QED) is 0.751. The van der Waals surface area contributed by atoms with Crippen LogP contribution in [0, 0.1) is 17.8 Å². The van der Waals surface area contributed by atoms with E-state index in [0.717, 1.165) is 39.0 Å². The summed E-state index contributed by atoms with van der Waals surface area (Å²) in [7, 11) is 0. The molecule has 0 radical (unpaired) electrons. The summed E-state index contributed by atoms with van der Waals surface area (Å²) in [5.41, 5.74) is 2.66. The molecule has 28 heavy (non-hydrogen) atoms. The lowest BCUT2D eigenvalue weighted by Gasteiger charge is -2.44. The smallest absolute Gasteiger partial charge is 0.226 e. The molecule has 2 aromatic rings. The summed E-state index contributed by atoms with van der Waals surface area (Å²) < 4.78 is 0. The van der Waals surface area contributed by atoms with Gasteiger partial charge in [-0.05, 0) is 48.6 Å². The number of amides is 1. The average Bonchev–Trinajstić information content (AvgIpc) is 3.53. The molecule has 3 fully saturated rings. The Labute approximate surface area is 168 Å². The zero-order chi connectivity index (χ0) is 18.9. The third-order valence-corrected chi connectivity index (χ3v) is 6.87. The van der Waals surface area contributed by atoms with Gasteiger partial charge in [0.1, 0.15) is 0 Å². The molecule has 3 aliphatic rings. The fourth-order valence-corrected chi connectivity index (χ4v) is 5.45. The molecule has 2 aromatic carbocycles. The molecule has 146 valence electrons. The maximum atomic E-state index is 13.2. The van der Waals surface area contributed by atoms with Crippen molar-refractivity contribution in [2.75, 3.05) is 13.1 Å². The number of hydrogen-bond donors (Lipinski definition) is 0. The summed E-state index contributed by atoms with van der Waals surface area (Å²) in [4.78, 5) is 18.1. The predicted octanol–water partition coefficient (Wildman–Crippen LogP) is 4.34. The Balaban J connectivity index is 1.33. The maximum absolute atomic E-state index is 13.2. The molecule has 3 nitrogen and oxygen atoms in total. The highest BCUT2D eigenvalue weighted by Crippen LogP contribution is 2.43. The third kappa shape index (κ3) is 3.73. The van der Waals surface area contributed by atoms with E-state index in [1.165, 1.54) is 24.0 Å². The summed E-state index contributed by atoms with van der Waals surface area (Å²) in [6, 6.07) is 21.8. The van der Waals surface area contributed by atoms with Crippen LogP contribution in [0.3, 0.4) is 0 Å². The van der Waals surface area contributed by atoms with Crippen molar-refractivity contribution in [2.24, 2.45) is 17.8 Å². The molecular weight excluding hydrogens is 344 g/mol. The molecule has 2 aliphatic carbocycles. The van der Waals surface area contributed by atoms with Gasteiger partial charge in [-0.2, -0.15) is 0 Å². The van der Waals surface area contributed by atoms with E-state index in [4.69, 9.17) is 0 Å². The number of carbonyl (C=O) groups excluding carboxylic acids is 1. The Hall–Kier alpha value is -2.13. The molecular formula is C25H30N2O. The van der Waals surface area contributed by atoms with Crippen LogP contribution < -0.4 is 0 Å². The minimum Gasteiger partial charge on any atom is -0.334 e. The monoisotopic (exact) mass is 374 g/mol. The second-order valence-electron chi connectivity index (χ2n) is 8.99. The number of hydrogen-bond acceptors (Lipinski definition) is 2. The lowest BCUT2D eigenvalue weighted by atomic mass is 9.89. The number of benzene rings is 2. The van der Waals surface area contributed by atoms with Crippen molar-refractivity contribution in [3.05, 3.63) is 71.8 Å². The van der Waals surface area contributed by atoms with Crippen LogP contribution in [-0.4, -0.2) is 34.8 Å². The highest BCUT2D eigenvalue weighted by Gasteiger charge is 2.48. The standard InChI is InChI=1S/C25H30N2O/c28-25(21-11-12-21)27(16-20-9-5-2-6-10-20)24-22-13-14-23(24)18-26(17-22)15-19-7-3-1-4-8-19/h1-10,21-24H,11-18H2/t22-,23+,24?. The van der Waals surface area contributed by atoms with Gasteiger partial charge in [-0.3, -0.25) is 9.69 Å². The lowest BCUT2D eigenvalue weighted by Crippen LogP contribution is -2.54. The van der Waals surface area contributed by atoms with Crippen molar-refractivity contribution in [2.45, 2.75) is 44.8 Å². The molecule has 0 aromatic heterocycles. The van der Waals surface area contributed by atoms with Gasteiger partial charge in [-0.15, -0.1) is 0 Å². The summed E-state index contributed by atoms with van der Waals surface area (Å²) >= 11 is 0. The summed E-state index contributed by atoms with van der Waals surface area (Å²) in [6.45, 7) is 4.07. The van der Waals surface area contributed by atoms with Gasteiger partial charge in [0.15, 0.2) is 0 Å². The Kier molecular flexibility index (Phi) is 4.94. The van der Waals surface area contributed by atoms with Gasteiger partial charge < -0.3 is 4.90 Å². The largest absolute Gasteiger partial charge is 0.334 e. The van der Waals surface area contributed by atoms with E-state index >= 15 is 0 Å². The lowest BCUT2D eigenvalue weighted by molar-refractivity contribution is -0.139. The minimum atomic E-state index is 0.297. The first-order chi connectivity index (χ1) is 13.8. The molecule has 5 rings (SSSR count). The van der Waals surface area contributed by atoms with Gasteiger partial charge in [-0.25, -0.2) is 0 Å². The second-order valence-corrected chi connectivity index (χ2v) is 8.99. The first-order valence-corrected chi connectivity index (χ1v) is 10.9. The molecule has 1 unspecified atom stereocenters. The third-order valence-electron chi connectivity index (χ3n) is 6.87. The zero-order valence-electron chi connectivity index (χ0n) is 16.5. The fourth-order valence-electron chi connectivity index (χ4n) is 5.45. The van der Waals surface area contributed by atoms with Crippen molar-refractivity contribution in [1.29, 1.82) is 0 Å². The molecule has 1 amide bonds. The van der Waals surface area contributed by atoms with Crippen molar-refractivity contribution < 1.29 is 4.79 Å². The van der Waals surface area contributed by atoms with E-state index in [-0.39, 0.29) is 0 Å². The second kappa shape index (κ2) is 7.71. The van der Waals surface area contributed by atoms with E-state index in [1.54, 1.807) is 0 Å². The van der Waals surface area contributed by atoms with Crippen molar-refractivity contribution in [3.8, 4) is 0 Å². The summed E-state index contributed by atoms with van der Waals surface area (Å²) in [5, 5.41) is 0. The normalized spacial score (nSPS) is 26.9. The molecule has 1 saturated heterocycles. The Morgan fingerprint density at radius 2 is 1.39 bits per heavy atom. The van der Waals surface area contributed by atoms with Crippen LogP contribution in [0.15, 0.2) is 60.7 Å². The molecule has 3 atom stereocenters. The Bertz CT molecular complexity index is 788. The van der Waals surface area contributed by atoms with E-state index in [1.807, 2.05) is 0 Å². The molecule has 2 saturated carbocycles. The van der Waals surface area contributed by atoms with E-state index in [0.29, 0.717) is 29.7 Å².